The maximum atomic E-state index is 12.4. The number of fused-ring (bicyclic) bond motifs is 2. The third-order valence-electron chi connectivity index (χ3n) is 4.24. The van der Waals surface area contributed by atoms with E-state index in [4.69, 9.17) is 0 Å². The topological polar surface area (TPSA) is 46.9 Å². The van der Waals surface area contributed by atoms with Crippen molar-refractivity contribution in [2.45, 2.75) is 23.1 Å². The number of para-hydroxylation sites is 2. The minimum Gasteiger partial charge on any atom is -0.348 e. The van der Waals surface area contributed by atoms with Crippen molar-refractivity contribution >= 4 is 28.7 Å². The number of aryl methyl sites for hydroxylation is 1. The lowest BCUT2D eigenvalue weighted by Crippen LogP contribution is -2.32. The average Bonchev–Trinajstić information content (AvgIpc) is 3.15. The van der Waals surface area contributed by atoms with Crippen molar-refractivity contribution in [3.8, 4) is 0 Å². The van der Waals surface area contributed by atoms with Gasteiger partial charge in [0.1, 0.15) is 5.82 Å². The van der Waals surface area contributed by atoms with Crippen LogP contribution >= 0.6 is 11.8 Å². The molecule has 0 unspecified atom stereocenters. The molecule has 0 bridgehead atoms. The van der Waals surface area contributed by atoms with Gasteiger partial charge in [-0.05, 0) is 30.2 Å². The molecule has 5 heteroatoms. The van der Waals surface area contributed by atoms with Crippen LogP contribution in [-0.2, 0) is 24.8 Å². The fourth-order valence-corrected chi connectivity index (χ4v) is 4.18. The van der Waals surface area contributed by atoms with E-state index in [2.05, 4.69) is 22.4 Å². The Morgan fingerprint density at radius 3 is 2.87 bits per heavy atom. The number of nitrogens with zero attached hydrogens (tertiary/aromatic N) is 2. The zero-order valence-corrected chi connectivity index (χ0v) is 13.6. The minimum absolute atomic E-state index is 0.0397. The van der Waals surface area contributed by atoms with Crippen LogP contribution in [-0.4, -0.2) is 20.7 Å². The average molecular weight is 323 g/mol. The van der Waals surface area contributed by atoms with Crippen molar-refractivity contribution < 1.29 is 4.79 Å². The van der Waals surface area contributed by atoms with E-state index in [0.717, 1.165) is 23.3 Å². The van der Waals surface area contributed by atoms with E-state index < -0.39 is 0 Å². The molecule has 116 valence electrons. The number of amides is 1. The van der Waals surface area contributed by atoms with Gasteiger partial charge < -0.3 is 9.88 Å². The monoisotopic (exact) mass is 323 g/mol. The highest BCUT2D eigenvalue weighted by Gasteiger charge is 2.27. The van der Waals surface area contributed by atoms with Crippen LogP contribution in [0, 0.1) is 0 Å². The molecule has 1 aromatic heterocycles. The van der Waals surface area contributed by atoms with E-state index in [1.54, 1.807) is 11.8 Å². The van der Waals surface area contributed by atoms with Crippen LogP contribution in [0.25, 0.3) is 11.0 Å². The Morgan fingerprint density at radius 2 is 2.04 bits per heavy atom. The Morgan fingerprint density at radius 1 is 1.26 bits per heavy atom. The predicted octanol–water partition coefficient (Wildman–Crippen LogP) is 2.91. The van der Waals surface area contributed by atoms with Crippen molar-refractivity contribution in [2.24, 2.45) is 7.05 Å². The Balaban J connectivity index is 1.45. The highest BCUT2D eigenvalue weighted by Crippen LogP contribution is 2.36. The number of hydrogen-bond acceptors (Lipinski definition) is 3. The molecular formula is C18H17N3OS. The second kappa shape index (κ2) is 5.74. The fraction of sp³-hybridized carbons (Fsp3) is 0.222. The van der Waals surface area contributed by atoms with E-state index in [9.17, 15) is 4.79 Å². The number of imidazole rings is 1. The number of carbonyl (C=O) groups is 1. The number of carbonyl (C=O) groups excluding carboxylic acids is 1. The van der Waals surface area contributed by atoms with Gasteiger partial charge in [-0.2, -0.15) is 0 Å². The molecule has 0 saturated heterocycles. The molecule has 1 atom stereocenters. The molecule has 0 radical (unpaired) electrons. The first-order valence-electron chi connectivity index (χ1n) is 7.65. The van der Waals surface area contributed by atoms with Crippen LogP contribution in [0.4, 0.5) is 0 Å². The summed E-state index contributed by atoms with van der Waals surface area (Å²) in [6.45, 7) is 0.456. The van der Waals surface area contributed by atoms with Crippen molar-refractivity contribution in [1.29, 1.82) is 0 Å². The Bertz CT molecular complexity index is 862. The summed E-state index contributed by atoms with van der Waals surface area (Å²) in [4.78, 5) is 18.3. The smallest absolute Gasteiger partial charge is 0.234 e. The van der Waals surface area contributed by atoms with E-state index in [0.29, 0.717) is 6.54 Å². The lowest BCUT2D eigenvalue weighted by atomic mass is 10.1. The molecule has 0 fully saturated rings. The third-order valence-corrected chi connectivity index (χ3v) is 5.56. The standard InChI is InChI=1S/C18H17N3OS/c1-21-14-8-4-3-7-13(14)20-17(21)11-19-18(22)16-10-12-6-2-5-9-15(12)23-16/h2-9,16H,10-11H2,1H3,(H,19,22)/t16-/m1/s1. The van der Waals surface area contributed by atoms with Crippen LogP contribution in [0.2, 0.25) is 0 Å². The van der Waals surface area contributed by atoms with Gasteiger partial charge in [0.15, 0.2) is 0 Å². The molecule has 1 amide bonds. The Hall–Kier alpha value is -2.27. The normalized spacial score (nSPS) is 16.5. The van der Waals surface area contributed by atoms with Gasteiger partial charge in [-0.3, -0.25) is 4.79 Å². The molecule has 1 N–H and O–H groups in total. The summed E-state index contributed by atoms with van der Waals surface area (Å²) in [5.41, 5.74) is 3.31. The first-order chi connectivity index (χ1) is 11.2. The number of rotatable bonds is 3. The largest absolute Gasteiger partial charge is 0.348 e. The summed E-state index contributed by atoms with van der Waals surface area (Å²) in [6.07, 6.45) is 0.801. The van der Waals surface area contributed by atoms with Crippen molar-refractivity contribution in [3.05, 3.63) is 59.9 Å². The zero-order chi connectivity index (χ0) is 15.8. The molecule has 0 aliphatic carbocycles. The molecule has 23 heavy (non-hydrogen) atoms. The molecule has 1 aliphatic heterocycles. The van der Waals surface area contributed by atoms with Gasteiger partial charge in [0.25, 0.3) is 0 Å². The van der Waals surface area contributed by atoms with E-state index in [1.807, 2.05) is 48.0 Å². The highest BCUT2D eigenvalue weighted by atomic mass is 32.2. The second-order valence-electron chi connectivity index (χ2n) is 5.71. The van der Waals surface area contributed by atoms with E-state index in [-0.39, 0.29) is 11.2 Å². The molecule has 1 aliphatic rings. The molecule has 3 aromatic rings. The van der Waals surface area contributed by atoms with Gasteiger partial charge in [-0.25, -0.2) is 4.98 Å². The van der Waals surface area contributed by atoms with E-state index >= 15 is 0 Å². The highest BCUT2D eigenvalue weighted by molar-refractivity contribution is 8.01. The van der Waals surface area contributed by atoms with Gasteiger partial charge in [-0.1, -0.05) is 30.3 Å². The number of aromatic nitrogens is 2. The molecule has 4 rings (SSSR count). The SMILES string of the molecule is Cn1c(CNC(=O)[C@H]2Cc3ccccc3S2)nc2ccccc21. The molecule has 0 saturated carbocycles. The minimum atomic E-state index is -0.0397. The van der Waals surface area contributed by atoms with Crippen LogP contribution in [0.15, 0.2) is 53.4 Å². The fourth-order valence-electron chi connectivity index (χ4n) is 2.96. The lowest BCUT2D eigenvalue weighted by molar-refractivity contribution is -0.120. The summed E-state index contributed by atoms with van der Waals surface area (Å²) >= 11 is 1.65. The summed E-state index contributed by atoms with van der Waals surface area (Å²) < 4.78 is 2.03. The predicted molar refractivity (Wildman–Crippen MR) is 92.4 cm³/mol. The third kappa shape index (κ3) is 2.61. The Kier molecular flexibility index (Phi) is 3.58. The van der Waals surface area contributed by atoms with Crippen LogP contribution in [0.3, 0.4) is 0 Å². The number of thioether (sulfide) groups is 1. The summed E-state index contributed by atoms with van der Waals surface area (Å²) in [7, 11) is 1.98. The summed E-state index contributed by atoms with van der Waals surface area (Å²) in [5.74, 6) is 0.957. The van der Waals surface area contributed by atoms with Crippen LogP contribution in [0.1, 0.15) is 11.4 Å². The van der Waals surface area contributed by atoms with Crippen molar-refractivity contribution in [3.63, 3.8) is 0 Å². The second-order valence-corrected chi connectivity index (χ2v) is 6.96. The van der Waals surface area contributed by atoms with Gasteiger partial charge in [0, 0.05) is 11.9 Å². The van der Waals surface area contributed by atoms with Crippen molar-refractivity contribution in [2.75, 3.05) is 0 Å². The molecule has 2 aromatic carbocycles. The van der Waals surface area contributed by atoms with Crippen LogP contribution < -0.4 is 5.32 Å². The zero-order valence-electron chi connectivity index (χ0n) is 12.8. The maximum absolute atomic E-state index is 12.4. The Labute approximate surface area is 138 Å². The first kappa shape index (κ1) is 14.3. The van der Waals surface area contributed by atoms with Gasteiger partial charge in [0.05, 0.1) is 22.8 Å². The van der Waals surface area contributed by atoms with Gasteiger partial charge >= 0.3 is 0 Å². The quantitative estimate of drug-likeness (QED) is 0.806. The maximum Gasteiger partial charge on any atom is 0.234 e. The number of nitrogens with one attached hydrogen (secondary N) is 1. The van der Waals surface area contributed by atoms with Gasteiger partial charge in [0.2, 0.25) is 5.91 Å². The van der Waals surface area contributed by atoms with E-state index in [1.165, 1.54) is 10.5 Å². The number of benzene rings is 2. The van der Waals surface area contributed by atoms with Gasteiger partial charge in [-0.15, -0.1) is 11.8 Å². The lowest BCUT2D eigenvalue weighted by Gasteiger charge is -2.10. The molecular weight excluding hydrogens is 306 g/mol. The first-order valence-corrected chi connectivity index (χ1v) is 8.53. The summed E-state index contributed by atoms with van der Waals surface area (Å²) in [6, 6.07) is 16.2. The molecule has 4 nitrogen and oxygen atoms in total. The van der Waals surface area contributed by atoms with Crippen molar-refractivity contribution in [1.82, 2.24) is 14.9 Å². The summed E-state index contributed by atoms with van der Waals surface area (Å²) in [5, 5.41) is 2.99. The molecule has 2 heterocycles. The van der Waals surface area contributed by atoms with Crippen LogP contribution in [0.5, 0.6) is 0 Å². The number of hydrogen-bond donors (Lipinski definition) is 1. The molecule has 0 spiro atoms.